The standard InChI is InChI=1S/C23H19ClFN3O3/c24-14-10-17-15(18(25)11-14)7-8-19(17)28(23(31)16-5-1-2-6-20(16)29)12-13-4-3-9-27-21(13)22(26)30/h1-6,9-11,19,29H,7-8,12H2,(H2,26,30)/t19-/m1/s1. The van der Waals surface area contributed by atoms with E-state index in [9.17, 15) is 19.1 Å². The van der Waals surface area contributed by atoms with Crippen molar-refractivity contribution in [1.82, 2.24) is 9.88 Å². The van der Waals surface area contributed by atoms with E-state index < -0.39 is 23.7 Å². The van der Waals surface area contributed by atoms with Gasteiger partial charge in [0.15, 0.2) is 0 Å². The maximum absolute atomic E-state index is 14.5. The summed E-state index contributed by atoms with van der Waals surface area (Å²) in [5.41, 5.74) is 7.18. The summed E-state index contributed by atoms with van der Waals surface area (Å²) >= 11 is 6.09. The summed E-state index contributed by atoms with van der Waals surface area (Å²) < 4.78 is 14.5. The summed E-state index contributed by atoms with van der Waals surface area (Å²) in [5, 5.41) is 10.5. The van der Waals surface area contributed by atoms with Crippen LogP contribution in [-0.4, -0.2) is 26.8 Å². The lowest BCUT2D eigenvalue weighted by atomic mass is 10.0. The number of pyridine rings is 1. The maximum Gasteiger partial charge on any atom is 0.267 e. The minimum absolute atomic E-state index is 0.00246. The number of rotatable bonds is 5. The third kappa shape index (κ3) is 3.96. The zero-order valence-corrected chi connectivity index (χ0v) is 17.1. The van der Waals surface area contributed by atoms with Gasteiger partial charge in [-0.25, -0.2) is 4.39 Å². The Bertz CT molecular complexity index is 1180. The van der Waals surface area contributed by atoms with Crippen LogP contribution in [0.25, 0.3) is 0 Å². The number of aromatic nitrogens is 1. The lowest BCUT2D eigenvalue weighted by molar-refractivity contribution is 0.0652. The number of benzene rings is 2. The molecule has 3 N–H and O–H groups in total. The Balaban J connectivity index is 1.81. The lowest BCUT2D eigenvalue weighted by Crippen LogP contribution is -2.34. The molecule has 1 aromatic heterocycles. The van der Waals surface area contributed by atoms with E-state index in [1.54, 1.807) is 30.3 Å². The minimum atomic E-state index is -0.716. The van der Waals surface area contributed by atoms with Crippen LogP contribution in [0.2, 0.25) is 5.02 Å². The van der Waals surface area contributed by atoms with E-state index in [0.717, 1.165) is 0 Å². The van der Waals surface area contributed by atoms with Gasteiger partial charge >= 0.3 is 0 Å². The molecule has 4 rings (SSSR count). The monoisotopic (exact) mass is 439 g/mol. The van der Waals surface area contributed by atoms with E-state index >= 15 is 0 Å². The van der Waals surface area contributed by atoms with E-state index in [-0.39, 0.29) is 28.6 Å². The second kappa shape index (κ2) is 8.35. The van der Waals surface area contributed by atoms with Crippen molar-refractivity contribution in [2.24, 2.45) is 5.73 Å². The zero-order chi connectivity index (χ0) is 22.1. The van der Waals surface area contributed by atoms with Gasteiger partial charge in [-0.05, 0) is 54.3 Å². The first kappa shape index (κ1) is 20.8. The number of amides is 2. The third-order valence-corrected chi connectivity index (χ3v) is 5.68. The van der Waals surface area contributed by atoms with Crippen LogP contribution in [-0.2, 0) is 13.0 Å². The van der Waals surface area contributed by atoms with Gasteiger partial charge in [-0.1, -0.05) is 29.8 Å². The summed E-state index contributed by atoms with van der Waals surface area (Å²) in [6.45, 7) is -0.00246. The average Bonchev–Trinajstić information content (AvgIpc) is 3.16. The molecule has 1 aliphatic rings. The van der Waals surface area contributed by atoms with Crippen LogP contribution >= 0.6 is 11.6 Å². The molecule has 2 amide bonds. The molecule has 0 fully saturated rings. The summed E-state index contributed by atoms with van der Waals surface area (Å²) in [7, 11) is 0. The van der Waals surface area contributed by atoms with Crippen molar-refractivity contribution in [2.45, 2.75) is 25.4 Å². The maximum atomic E-state index is 14.5. The first-order valence-corrected chi connectivity index (χ1v) is 10.0. The number of primary amides is 1. The number of phenolic OH excluding ortho intramolecular Hbond substituents is 1. The number of hydrogen-bond donors (Lipinski definition) is 2. The topological polar surface area (TPSA) is 96.5 Å². The molecule has 8 heteroatoms. The Labute approximate surface area is 183 Å². The van der Waals surface area contributed by atoms with Crippen LogP contribution in [0.3, 0.4) is 0 Å². The van der Waals surface area contributed by atoms with Crippen molar-refractivity contribution in [1.29, 1.82) is 0 Å². The molecule has 0 aliphatic heterocycles. The molecule has 0 unspecified atom stereocenters. The third-order valence-electron chi connectivity index (χ3n) is 5.46. The van der Waals surface area contributed by atoms with Gasteiger partial charge in [0.2, 0.25) is 0 Å². The van der Waals surface area contributed by atoms with E-state index in [4.69, 9.17) is 17.3 Å². The van der Waals surface area contributed by atoms with Gasteiger partial charge in [0, 0.05) is 23.3 Å². The summed E-state index contributed by atoms with van der Waals surface area (Å²) in [6, 6.07) is 11.9. The Kier molecular flexibility index (Phi) is 5.61. The molecule has 2 aromatic carbocycles. The predicted octanol–water partition coefficient (Wildman–Crippen LogP) is 4.01. The fraction of sp³-hybridized carbons (Fsp3) is 0.174. The van der Waals surface area contributed by atoms with Crippen LogP contribution in [0.4, 0.5) is 4.39 Å². The highest BCUT2D eigenvalue weighted by Gasteiger charge is 2.35. The van der Waals surface area contributed by atoms with E-state index in [1.165, 1.54) is 29.3 Å². The van der Waals surface area contributed by atoms with Crippen molar-refractivity contribution in [3.05, 3.63) is 93.5 Å². The van der Waals surface area contributed by atoms with Crippen LogP contribution in [0.1, 0.15) is 50.0 Å². The predicted molar refractivity (Wildman–Crippen MR) is 113 cm³/mol. The van der Waals surface area contributed by atoms with Crippen LogP contribution in [0.15, 0.2) is 54.7 Å². The Hall–Kier alpha value is -3.45. The first-order valence-electron chi connectivity index (χ1n) is 9.67. The molecule has 0 radical (unpaired) electrons. The second-order valence-corrected chi connectivity index (χ2v) is 7.77. The molecule has 0 saturated carbocycles. The summed E-state index contributed by atoms with van der Waals surface area (Å²) in [4.78, 5) is 30.9. The summed E-state index contributed by atoms with van der Waals surface area (Å²) in [5.74, 6) is -1.77. The number of phenols is 1. The van der Waals surface area contributed by atoms with Crippen molar-refractivity contribution >= 4 is 23.4 Å². The minimum Gasteiger partial charge on any atom is -0.507 e. The van der Waals surface area contributed by atoms with E-state index in [2.05, 4.69) is 4.98 Å². The molecule has 0 spiro atoms. The number of nitrogens with two attached hydrogens (primary N) is 1. The number of aromatic hydroxyl groups is 1. The number of nitrogens with zero attached hydrogens (tertiary/aromatic N) is 2. The van der Waals surface area contributed by atoms with Gasteiger partial charge < -0.3 is 15.7 Å². The van der Waals surface area contributed by atoms with Crippen LogP contribution < -0.4 is 5.73 Å². The number of hydrogen-bond acceptors (Lipinski definition) is 4. The van der Waals surface area contributed by atoms with Crippen molar-refractivity contribution in [2.75, 3.05) is 0 Å². The fourth-order valence-electron chi connectivity index (χ4n) is 4.05. The number of carbonyl (C=O) groups excluding carboxylic acids is 2. The molecular weight excluding hydrogens is 421 g/mol. The van der Waals surface area contributed by atoms with E-state index in [1.807, 2.05) is 0 Å². The Morgan fingerprint density at radius 3 is 2.74 bits per heavy atom. The van der Waals surface area contributed by atoms with Gasteiger partial charge in [0.1, 0.15) is 17.3 Å². The molecule has 1 heterocycles. The SMILES string of the molecule is NC(=O)c1ncccc1CN(C(=O)c1ccccc1O)[C@@H]1CCc2c(F)cc(Cl)cc21. The van der Waals surface area contributed by atoms with Gasteiger partial charge in [0.05, 0.1) is 11.6 Å². The highest BCUT2D eigenvalue weighted by molar-refractivity contribution is 6.30. The number of fused-ring (bicyclic) bond motifs is 1. The second-order valence-electron chi connectivity index (χ2n) is 7.34. The number of halogens is 2. The largest absolute Gasteiger partial charge is 0.507 e. The molecule has 1 aliphatic carbocycles. The molecule has 158 valence electrons. The quantitative estimate of drug-likeness (QED) is 0.627. The summed E-state index contributed by atoms with van der Waals surface area (Å²) in [6.07, 6.45) is 2.35. The molecule has 1 atom stereocenters. The Morgan fingerprint density at radius 2 is 2.00 bits per heavy atom. The number of carbonyl (C=O) groups is 2. The van der Waals surface area contributed by atoms with Gasteiger partial charge in [0.25, 0.3) is 11.8 Å². The molecule has 3 aromatic rings. The highest BCUT2D eigenvalue weighted by Crippen LogP contribution is 2.40. The zero-order valence-electron chi connectivity index (χ0n) is 16.4. The van der Waals surface area contributed by atoms with Crippen LogP contribution in [0.5, 0.6) is 5.75 Å². The van der Waals surface area contributed by atoms with Crippen molar-refractivity contribution in [3.63, 3.8) is 0 Å². The fourth-order valence-corrected chi connectivity index (χ4v) is 4.26. The van der Waals surface area contributed by atoms with Crippen LogP contribution in [0, 0.1) is 5.82 Å². The average molecular weight is 440 g/mol. The van der Waals surface area contributed by atoms with Gasteiger partial charge in [-0.2, -0.15) is 0 Å². The molecule has 0 saturated heterocycles. The smallest absolute Gasteiger partial charge is 0.267 e. The normalized spacial score (nSPS) is 14.8. The van der Waals surface area contributed by atoms with Gasteiger partial charge in [-0.3, -0.25) is 14.6 Å². The van der Waals surface area contributed by atoms with Crippen molar-refractivity contribution < 1.29 is 19.1 Å². The Morgan fingerprint density at radius 1 is 1.23 bits per heavy atom. The molecule has 6 nitrogen and oxygen atoms in total. The van der Waals surface area contributed by atoms with Gasteiger partial charge in [-0.15, -0.1) is 0 Å². The molecule has 0 bridgehead atoms. The first-order chi connectivity index (χ1) is 14.9. The van der Waals surface area contributed by atoms with Crippen molar-refractivity contribution in [3.8, 4) is 5.75 Å². The molecule has 31 heavy (non-hydrogen) atoms. The number of para-hydroxylation sites is 1. The lowest BCUT2D eigenvalue weighted by Gasteiger charge is -2.31. The highest BCUT2D eigenvalue weighted by atomic mass is 35.5. The molecular formula is C23H19ClFN3O3. The van der Waals surface area contributed by atoms with E-state index in [0.29, 0.717) is 29.5 Å².